The van der Waals surface area contributed by atoms with Gasteiger partial charge in [-0.1, -0.05) is 71.1 Å². The lowest BCUT2D eigenvalue weighted by Gasteiger charge is -2.13. The fourth-order valence-corrected chi connectivity index (χ4v) is 2.20. The molecular weight excluding hydrogens is 411 g/mol. The van der Waals surface area contributed by atoms with Crippen LogP contribution in [0, 0.1) is 0 Å². The van der Waals surface area contributed by atoms with Crippen molar-refractivity contribution in [3.05, 3.63) is 65.7 Å². The maximum absolute atomic E-state index is 11.1. The molecule has 5 nitrogen and oxygen atoms in total. The van der Waals surface area contributed by atoms with E-state index in [0.29, 0.717) is 17.9 Å². The average Bonchev–Trinajstić information content (AvgIpc) is 2.53. The Labute approximate surface area is 148 Å². The van der Waals surface area contributed by atoms with E-state index in [9.17, 15) is 4.79 Å². The molecule has 0 bridgehead atoms. The van der Waals surface area contributed by atoms with Crippen LogP contribution in [0.4, 0.5) is 0 Å². The Morgan fingerprint density at radius 2 is 1.57 bits per heavy atom. The Kier molecular flexibility index (Phi) is 8.10. The molecule has 0 radical (unpaired) electrons. The Morgan fingerprint density at radius 3 is 2.13 bits per heavy atom. The first-order chi connectivity index (χ1) is 10.9. The maximum Gasteiger partial charge on any atom is 0.321 e. The van der Waals surface area contributed by atoms with E-state index in [1.54, 1.807) is 12.1 Å². The number of aliphatic carboxylic acids is 2. The van der Waals surface area contributed by atoms with Crippen LogP contribution in [-0.4, -0.2) is 22.2 Å². The molecule has 0 heterocycles. The third-order valence-corrected chi connectivity index (χ3v) is 3.85. The summed E-state index contributed by atoms with van der Waals surface area (Å²) in [5.41, 5.74) is 1.74. The second-order valence-electron chi connectivity index (χ2n) is 4.53. The standard InChI is InChI=1S/C15H13IO3.C2H4O2/c16-14(15(17)18)12-8-4-5-9-13(12)19-10-11-6-2-1-3-7-11;1-2(3)4/h1-9,14H,10H2,(H,17,18);1H3,(H,3,4). The number of hydrogen-bond acceptors (Lipinski definition) is 3. The first-order valence-corrected chi connectivity index (χ1v) is 7.98. The van der Waals surface area contributed by atoms with Gasteiger partial charge in [-0.2, -0.15) is 0 Å². The number of alkyl halides is 1. The van der Waals surface area contributed by atoms with E-state index in [4.69, 9.17) is 19.7 Å². The fraction of sp³-hybridized carbons (Fsp3) is 0.176. The number of carboxylic acid groups (broad SMARTS) is 2. The zero-order valence-electron chi connectivity index (χ0n) is 12.5. The molecule has 1 unspecified atom stereocenters. The summed E-state index contributed by atoms with van der Waals surface area (Å²) in [6, 6.07) is 17.0. The van der Waals surface area contributed by atoms with Gasteiger partial charge in [-0.3, -0.25) is 9.59 Å². The van der Waals surface area contributed by atoms with E-state index in [1.807, 2.05) is 65.1 Å². The highest BCUT2D eigenvalue weighted by Gasteiger charge is 2.19. The van der Waals surface area contributed by atoms with Gasteiger partial charge in [0.05, 0.1) is 0 Å². The number of rotatable bonds is 5. The number of para-hydroxylation sites is 1. The molecule has 2 rings (SSSR count). The van der Waals surface area contributed by atoms with Crippen LogP contribution in [0.3, 0.4) is 0 Å². The summed E-state index contributed by atoms with van der Waals surface area (Å²) in [7, 11) is 0. The average molecular weight is 428 g/mol. The van der Waals surface area contributed by atoms with Crippen molar-refractivity contribution in [2.75, 3.05) is 0 Å². The number of carboxylic acids is 2. The molecule has 0 aliphatic carbocycles. The van der Waals surface area contributed by atoms with E-state index in [-0.39, 0.29) is 0 Å². The van der Waals surface area contributed by atoms with Gasteiger partial charge in [-0.25, -0.2) is 0 Å². The van der Waals surface area contributed by atoms with Crippen molar-refractivity contribution >= 4 is 34.5 Å². The van der Waals surface area contributed by atoms with Gasteiger partial charge < -0.3 is 14.9 Å². The summed E-state index contributed by atoms with van der Waals surface area (Å²) in [6.45, 7) is 1.51. The molecule has 23 heavy (non-hydrogen) atoms. The van der Waals surface area contributed by atoms with Crippen LogP contribution in [0.1, 0.15) is 22.0 Å². The van der Waals surface area contributed by atoms with Gasteiger partial charge in [0.25, 0.3) is 5.97 Å². The van der Waals surface area contributed by atoms with Crippen molar-refractivity contribution in [3.8, 4) is 5.75 Å². The molecule has 0 aliphatic heterocycles. The summed E-state index contributed by atoms with van der Waals surface area (Å²) >= 11 is 1.90. The fourth-order valence-electron chi connectivity index (χ4n) is 1.69. The van der Waals surface area contributed by atoms with Gasteiger partial charge in [0.15, 0.2) is 0 Å². The Morgan fingerprint density at radius 1 is 1.04 bits per heavy atom. The molecule has 2 aromatic carbocycles. The molecule has 2 aromatic rings. The highest BCUT2D eigenvalue weighted by atomic mass is 127. The highest BCUT2D eigenvalue weighted by molar-refractivity contribution is 14.1. The number of benzene rings is 2. The lowest BCUT2D eigenvalue weighted by atomic mass is 10.1. The molecule has 6 heteroatoms. The third kappa shape index (κ3) is 7.14. The van der Waals surface area contributed by atoms with Crippen molar-refractivity contribution in [2.24, 2.45) is 0 Å². The van der Waals surface area contributed by atoms with Crippen LogP contribution >= 0.6 is 22.6 Å². The van der Waals surface area contributed by atoms with Crippen LogP contribution in [-0.2, 0) is 16.2 Å². The molecule has 2 N–H and O–H groups in total. The molecule has 0 fully saturated rings. The minimum absolute atomic E-state index is 0.431. The monoisotopic (exact) mass is 428 g/mol. The molecule has 0 saturated heterocycles. The van der Waals surface area contributed by atoms with Gasteiger partial charge in [-0.05, 0) is 11.6 Å². The first-order valence-electron chi connectivity index (χ1n) is 6.74. The van der Waals surface area contributed by atoms with Crippen molar-refractivity contribution in [2.45, 2.75) is 17.5 Å². The highest BCUT2D eigenvalue weighted by Crippen LogP contribution is 2.32. The van der Waals surface area contributed by atoms with Crippen LogP contribution in [0.25, 0.3) is 0 Å². The van der Waals surface area contributed by atoms with Crippen LogP contribution in [0.15, 0.2) is 54.6 Å². The predicted octanol–water partition coefficient (Wildman–Crippen LogP) is 3.92. The summed E-state index contributed by atoms with van der Waals surface area (Å²) in [5.74, 6) is -1.08. The van der Waals surface area contributed by atoms with Gasteiger partial charge in [-0.15, -0.1) is 0 Å². The van der Waals surface area contributed by atoms with E-state index >= 15 is 0 Å². The van der Waals surface area contributed by atoms with Crippen molar-refractivity contribution in [1.29, 1.82) is 0 Å². The van der Waals surface area contributed by atoms with Crippen LogP contribution in [0.2, 0.25) is 0 Å². The lowest BCUT2D eigenvalue weighted by molar-refractivity contribution is -0.136. The maximum atomic E-state index is 11.1. The van der Waals surface area contributed by atoms with E-state index in [0.717, 1.165) is 12.5 Å². The SMILES string of the molecule is CC(=O)O.O=C(O)C(I)c1ccccc1OCc1ccccc1. The summed E-state index contributed by atoms with van der Waals surface area (Å²) in [4.78, 5) is 20.1. The summed E-state index contributed by atoms with van der Waals surface area (Å²) < 4.78 is 5.12. The summed E-state index contributed by atoms with van der Waals surface area (Å²) in [5, 5.41) is 16.5. The van der Waals surface area contributed by atoms with Gasteiger partial charge in [0, 0.05) is 12.5 Å². The largest absolute Gasteiger partial charge is 0.489 e. The third-order valence-electron chi connectivity index (χ3n) is 2.65. The van der Waals surface area contributed by atoms with Gasteiger partial charge >= 0.3 is 5.97 Å². The lowest BCUT2D eigenvalue weighted by Crippen LogP contribution is -2.07. The Balaban J connectivity index is 0.000000593. The van der Waals surface area contributed by atoms with Gasteiger partial charge in [0.1, 0.15) is 16.3 Å². The number of halogens is 1. The minimum Gasteiger partial charge on any atom is -0.489 e. The molecule has 122 valence electrons. The zero-order chi connectivity index (χ0) is 17.2. The Bertz CT molecular complexity index is 638. The van der Waals surface area contributed by atoms with Crippen molar-refractivity contribution in [1.82, 2.24) is 0 Å². The smallest absolute Gasteiger partial charge is 0.321 e. The second-order valence-corrected chi connectivity index (χ2v) is 5.78. The van der Waals surface area contributed by atoms with Crippen LogP contribution < -0.4 is 4.74 Å². The minimum atomic E-state index is -0.864. The van der Waals surface area contributed by atoms with E-state index in [2.05, 4.69) is 0 Å². The zero-order valence-corrected chi connectivity index (χ0v) is 14.6. The molecular formula is C17H17IO5. The molecule has 0 aliphatic rings. The van der Waals surface area contributed by atoms with Crippen molar-refractivity contribution in [3.63, 3.8) is 0 Å². The van der Waals surface area contributed by atoms with E-state index < -0.39 is 15.9 Å². The molecule has 0 spiro atoms. The predicted molar refractivity (Wildman–Crippen MR) is 94.9 cm³/mol. The van der Waals surface area contributed by atoms with Gasteiger partial charge in [0.2, 0.25) is 0 Å². The number of ether oxygens (including phenoxy) is 1. The number of hydrogen-bond donors (Lipinski definition) is 2. The topological polar surface area (TPSA) is 83.8 Å². The van der Waals surface area contributed by atoms with Crippen LogP contribution in [0.5, 0.6) is 5.75 Å². The van der Waals surface area contributed by atoms with Crippen molar-refractivity contribution < 1.29 is 24.5 Å². The second kappa shape index (κ2) is 9.83. The quantitative estimate of drug-likeness (QED) is 0.557. The Hall–Kier alpha value is -2.09. The summed E-state index contributed by atoms with van der Waals surface area (Å²) in [6.07, 6.45) is 0. The number of carbonyl (C=O) groups is 2. The normalized spacial score (nSPS) is 10.9. The molecule has 1 atom stereocenters. The first kappa shape index (κ1) is 19.0. The molecule has 0 saturated carbocycles. The molecule has 0 amide bonds. The van der Waals surface area contributed by atoms with E-state index in [1.165, 1.54) is 0 Å². The molecule has 0 aromatic heterocycles.